The van der Waals surface area contributed by atoms with Gasteiger partial charge in [0.05, 0.1) is 18.4 Å². The molecule has 1 heterocycles. The molecule has 1 saturated heterocycles. The Morgan fingerprint density at radius 3 is 2.78 bits per heavy atom. The van der Waals surface area contributed by atoms with Gasteiger partial charge in [-0.3, -0.25) is 9.59 Å². The van der Waals surface area contributed by atoms with E-state index < -0.39 is 11.9 Å². The summed E-state index contributed by atoms with van der Waals surface area (Å²) in [6.45, 7) is 2.88. The second-order valence-corrected chi connectivity index (χ2v) is 4.82. The van der Waals surface area contributed by atoms with Crippen LogP contribution in [0, 0.1) is 5.92 Å². The molecule has 5 heteroatoms. The van der Waals surface area contributed by atoms with E-state index in [-0.39, 0.29) is 18.6 Å². The van der Waals surface area contributed by atoms with Gasteiger partial charge < -0.3 is 15.2 Å². The van der Waals surface area contributed by atoms with E-state index in [2.05, 4.69) is 5.32 Å². The van der Waals surface area contributed by atoms with Crippen molar-refractivity contribution in [3.63, 3.8) is 0 Å². The number of ether oxygens (including phenoxy) is 1. The molecule has 1 fully saturated rings. The van der Waals surface area contributed by atoms with Crippen molar-refractivity contribution in [2.24, 2.45) is 5.92 Å². The molecule has 0 aromatic heterocycles. The molecule has 5 nitrogen and oxygen atoms in total. The second-order valence-electron chi connectivity index (χ2n) is 4.82. The third-order valence-corrected chi connectivity index (χ3v) is 3.22. The van der Waals surface area contributed by atoms with Gasteiger partial charge >= 0.3 is 5.97 Å². The van der Waals surface area contributed by atoms with Crippen LogP contribution in [0.5, 0.6) is 0 Å². The van der Waals surface area contributed by atoms with E-state index in [1.165, 1.54) is 0 Å². The molecule has 2 unspecified atom stereocenters. The number of hydrogen-bond donors (Lipinski definition) is 2. The van der Waals surface area contributed by atoms with Gasteiger partial charge in [0.2, 0.25) is 5.91 Å². The number of rotatable bonds is 7. The molecule has 0 saturated carbocycles. The third-order valence-electron chi connectivity index (χ3n) is 3.22. The van der Waals surface area contributed by atoms with Crippen LogP contribution in [0.25, 0.3) is 0 Å². The molecule has 1 amide bonds. The van der Waals surface area contributed by atoms with Crippen molar-refractivity contribution in [2.75, 3.05) is 13.2 Å². The summed E-state index contributed by atoms with van der Waals surface area (Å²) < 4.78 is 5.47. The van der Waals surface area contributed by atoms with Crippen LogP contribution in [-0.4, -0.2) is 36.2 Å². The number of carboxylic acid groups (broad SMARTS) is 1. The first-order chi connectivity index (χ1) is 8.63. The van der Waals surface area contributed by atoms with Gasteiger partial charge in [0.15, 0.2) is 0 Å². The molecule has 0 spiro atoms. The number of aliphatic carboxylic acids is 1. The molecule has 0 bridgehead atoms. The lowest BCUT2D eigenvalue weighted by Gasteiger charge is -2.22. The summed E-state index contributed by atoms with van der Waals surface area (Å²) in [6.07, 6.45) is 4.84. The number of carboxylic acids is 1. The highest BCUT2D eigenvalue weighted by Crippen LogP contribution is 2.15. The first kappa shape index (κ1) is 15.0. The Bertz CT molecular complexity index is 274. The standard InChI is InChI=1S/C13H23NO4/c1-2-5-10(13(16)17)9-14-12(15)8-11-6-3-4-7-18-11/h10-11H,2-9H2,1H3,(H,14,15)(H,16,17). The highest BCUT2D eigenvalue weighted by atomic mass is 16.5. The van der Waals surface area contributed by atoms with Gasteiger partial charge in [-0.15, -0.1) is 0 Å². The molecule has 18 heavy (non-hydrogen) atoms. The predicted octanol–water partition coefficient (Wildman–Crippen LogP) is 1.56. The number of carbonyl (C=O) groups excluding carboxylic acids is 1. The van der Waals surface area contributed by atoms with E-state index in [0.717, 1.165) is 32.3 Å². The maximum Gasteiger partial charge on any atom is 0.308 e. The van der Waals surface area contributed by atoms with E-state index in [0.29, 0.717) is 12.8 Å². The Morgan fingerprint density at radius 1 is 1.44 bits per heavy atom. The van der Waals surface area contributed by atoms with Crippen LogP contribution in [0.2, 0.25) is 0 Å². The summed E-state index contributed by atoms with van der Waals surface area (Å²) in [4.78, 5) is 22.6. The van der Waals surface area contributed by atoms with Gasteiger partial charge in [-0.1, -0.05) is 13.3 Å². The van der Waals surface area contributed by atoms with Gasteiger partial charge in [-0.2, -0.15) is 0 Å². The molecule has 1 rings (SSSR count). The summed E-state index contributed by atoms with van der Waals surface area (Å²) in [5.41, 5.74) is 0. The molecule has 0 aliphatic carbocycles. The number of amides is 1. The lowest BCUT2D eigenvalue weighted by Crippen LogP contribution is -2.35. The van der Waals surface area contributed by atoms with Crippen molar-refractivity contribution < 1.29 is 19.4 Å². The quantitative estimate of drug-likeness (QED) is 0.725. The summed E-state index contributed by atoms with van der Waals surface area (Å²) >= 11 is 0. The molecule has 1 aliphatic heterocycles. The topological polar surface area (TPSA) is 75.6 Å². The average Bonchev–Trinajstić information content (AvgIpc) is 2.35. The molecule has 1 aliphatic rings. The van der Waals surface area contributed by atoms with Crippen molar-refractivity contribution in [3.05, 3.63) is 0 Å². The minimum Gasteiger partial charge on any atom is -0.481 e. The zero-order valence-electron chi connectivity index (χ0n) is 11.0. The number of nitrogens with one attached hydrogen (secondary N) is 1. The fraction of sp³-hybridized carbons (Fsp3) is 0.846. The fourth-order valence-corrected chi connectivity index (χ4v) is 2.15. The zero-order chi connectivity index (χ0) is 13.4. The lowest BCUT2D eigenvalue weighted by atomic mass is 10.0. The van der Waals surface area contributed by atoms with E-state index >= 15 is 0 Å². The van der Waals surface area contributed by atoms with Crippen LogP contribution >= 0.6 is 0 Å². The molecule has 0 aromatic rings. The largest absolute Gasteiger partial charge is 0.481 e. The van der Waals surface area contributed by atoms with Gasteiger partial charge in [0.1, 0.15) is 0 Å². The summed E-state index contributed by atoms with van der Waals surface area (Å²) in [7, 11) is 0. The van der Waals surface area contributed by atoms with Crippen LogP contribution in [0.4, 0.5) is 0 Å². The Labute approximate surface area is 108 Å². The van der Waals surface area contributed by atoms with E-state index in [1.54, 1.807) is 0 Å². The van der Waals surface area contributed by atoms with Gasteiger partial charge in [0, 0.05) is 13.2 Å². The Hall–Kier alpha value is -1.10. The average molecular weight is 257 g/mol. The van der Waals surface area contributed by atoms with E-state index in [9.17, 15) is 9.59 Å². The van der Waals surface area contributed by atoms with Gasteiger partial charge in [0.25, 0.3) is 0 Å². The highest BCUT2D eigenvalue weighted by Gasteiger charge is 2.20. The lowest BCUT2D eigenvalue weighted by molar-refractivity contribution is -0.142. The normalized spacial score (nSPS) is 21.3. The Balaban J connectivity index is 2.24. The van der Waals surface area contributed by atoms with Crippen molar-refractivity contribution in [2.45, 2.75) is 51.6 Å². The number of carbonyl (C=O) groups is 2. The van der Waals surface area contributed by atoms with Gasteiger partial charge in [-0.05, 0) is 25.7 Å². The smallest absolute Gasteiger partial charge is 0.308 e. The summed E-state index contributed by atoms with van der Waals surface area (Å²) in [6, 6.07) is 0. The van der Waals surface area contributed by atoms with Crippen molar-refractivity contribution >= 4 is 11.9 Å². The number of hydrogen-bond acceptors (Lipinski definition) is 3. The third kappa shape index (κ3) is 5.49. The second kappa shape index (κ2) is 8.08. The van der Waals surface area contributed by atoms with Crippen LogP contribution in [-0.2, 0) is 14.3 Å². The molecular weight excluding hydrogens is 234 g/mol. The van der Waals surface area contributed by atoms with Crippen LogP contribution in [0.15, 0.2) is 0 Å². The van der Waals surface area contributed by atoms with Crippen molar-refractivity contribution in [1.82, 2.24) is 5.32 Å². The molecule has 0 radical (unpaired) electrons. The van der Waals surface area contributed by atoms with Crippen LogP contribution in [0.3, 0.4) is 0 Å². The van der Waals surface area contributed by atoms with Gasteiger partial charge in [-0.25, -0.2) is 0 Å². The molecule has 0 aromatic carbocycles. The monoisotopic (exact) mass is 257 g/mol. The van der Waals surface area contributed by atoms with E-state index in [1.807, 2.05) is 6.92 Å². The first-order valence-corrected chi connectivity index (χ1v) is 6.74. The zero-order valence-corrected chi connectivity index (χ0v) is 11.0. The van der Waals surface area contributed by atoms with Crippen LogP contribution < -0.4 is 5.32 Å². The van der Waals surface area contributed by atoms with Crippen molar-refractivity contribution in [3.8, 4) is 0 Å². The molecule has 2 atom stereocenters. The first-order valence-electron chi connectivity index (χ1n) is 6.74. The SMILES string of the molecule is CCCC(CNC(=O)CC1CCCCO1)C(=O)O. The Kier molecular flexibility index (Phi) is 6.72. The van der Waals surface area contributed by atoms with Crippen molar-refractivity contribution in [1.29, 1.82) is 0 Å². The molecule has 2 N–H and O–H groups in total. The highest BCUT2D eigenvalue weighted by molar-refractivity contribution is 5.77. The minimum atomic E-state index is -0.842. The summed E-state index contributed by atoms with van der Waals surface area (Å²) in [5, 5.41) is 11.7. The van der Waals surface area contributed by atoms with E-state index in [4.69, 9.17) is 9.84 Å². The molecule has 104 valence electrons. The van der Waals surface area contributed by atoms with Crippen LogP contribution in [0.1, 0.15) is 45.4 Å². The predicted molar refractivity (Wildman–Crippen MR) is 67.3 cm³/mol. The fourth-order valence-electron chi connectivity index (χ4n) is 2.15. The minimum absolute atomic E-state index is 0.00760. The maximum atomic E-state index is 11.7. The molecular formula is C13H23NO4. The maximum absolute atomic E-state index is 11.7. The summed E-state index contributed by atoms with van der Waals surface area (Å²) in [5.74, 6) is -1.43. The Morgan fingerprint density at radius 2 is 2.22 bits per heavy atom.